The van der Waals surface area contributed by atoms with Gasteiger partial charge < -0.3 is 14.8 Å². The van der Waals surface area contributed by atoms with E-state index in [2.05, 4.69) is 29.6 Å². The first-order valence-electron chi connectivity index (χ1n) is 7.17. The summed E-state index contributed by atoms with van der Waals surface area (Å²) in [5, 5.41) is 3.59. The lowest BCUT2D eigenvalue weighted by Crippen LogP contribution is -2.35. The van der Waals surface area contributed by atoms with E-state index < -0.39 is 0 Å². The van der Waals surface area contributed by atoms with Gasteiger partial charge in [-0.05, 0) is 36.9 Å². The fraction of sp³-hybridized carbons (Fsp3) is 0.625. The third-order valence-corrected chi connectivity index (χ3v) is 3.85. The quantitative estimate of drug-likeness (QED) is 0.856. The van der Waals surface area contributed by atoms with Gasteiger partial charge in [0, 0.05) is 20.3 Å². The van der Waals surface area contributed by atoms with Gasteiger partial charge in [-0.3, -0.25) is 0 Å². The molecule has 1 aromatic carbocycles. The zero-order chi connectivity index (χ0) is 13.5. The molecule has 1 aliphatic heterocycles. The van der Waals surface area contributed by atoms with E-state index in [1.54, 1.807) is 14.2 Å². The van der Waals surface area contributed by atoms with E-state index in [-0.39, 0.29) is 6.10 Å². The molecule has 3 nitrogen and oxygen atoms in total. The molecule has 1 aromatic rings. The number of rotatable bonds is 6. The molecule has 2 rings (SSSR count). The molecule has 0 aliphatic carbocycles. The van der Waals surface area contributed by atoms with E-state index in [0.717, 1.165) is 6.42 Å². The van der Waals surface area contributed by atoms with Gasteiger partial charge in [-0.2, -0.15) is 0 Å². The lowest BCUT2D eigenvalue weighted by Gasteiger charge is -2.23. The Morgan fingerprint density at radius 1 is 1.21 bits per heavy atom. The van der Waals surface area contributed by atoms with Crippen LogP contribution in [0.4, 0.5) is 0 Å². The van der Waals surface area contributed by atoms with Crippen molar-refractivity contribution >= 4 is 0 Å². The number of methoxy groups -OCH3 is 2. The second-order valence-corrected chi connectivity index (χ2v) is 5.27. The van der Waals surface area contributed by atoms with E-state index in [4.69, 9.17) is 9.47 Å². The second kappa shape index (κ2) is 7.63. The normalized spacial score (nSPS) is 21.3. The summed E-state index contributed by atoms with van der Waals surface area (Å²) in [6.45, 7) is 1.77. The van der Waals surface area contributed by atoms with Gasteiger partial charge in [0.05, 0.1) is 6.61 Å². The SMILES string of the molecule is COCC(OC)c1ccc(CC2CCCCN2)cc1. The Hall–Kier alpha value is -0.900. The molecule has 1 fully saturated rings. The molecule has 0 radical (unpaired) electrons. The van der Waals surface area contributed by atoms with Crippen LogP contribution in [0.1, 0.15) is 36.5 Å². The van der Waals surface area contributed by atoms with Gasteiger partial charge in [-0.15, -0.1) is 0 Å². The Kier molecular flexibility index (Phi) is 5.83. The van der Waals surface area contributed by atoms with Crippen molar-refractivity contribution in [3.8, 4) is 0 Å². The van der Waals surface area contributed by atoms with Crippen LogP contribution in [0.15, 0.2) is 24.3 Å². The number of nitrogens with one attached hydrogen (secondary N) is 1. The Morgan fingerprint density at radius 3 is 2.58 bits per heavy atom. The average Bonchev–Trinajstić information content (AvgIpc) is 2.47. The van der Waals surface area contributed by atoms with Gasteiger partial charge in [-0.25, -0.2) is 0 Å². The number of hydrogen-bond donors (Lipinski definition) is 1. The summed E-state index contributed by atoms with van der Waals surface area (Å²) in [5.41, 5.74) is 2.58. The molecule has 3 heteroatoms. The summed E-state index contributed by atoms with van der Waals surface area (Å²) in [7, 11) is 3.43. The minimum atomic E-state index is 0.0341. The molecule has 1 saturated heterocycles. The zero-order valence-corrected chi connectivity index (χ0v) is 12.0. The Labute approximate surface area is 116 Å². The van der Waals surface area contributed by atoms with Crippen molar-refractivity contribution in [1.82, 2.24) is 5.32 Å². The molecule has 1 aliphatic rings. The number of piperidine rings is 1. The average molecular weight is 263 g/mol. The molecule has 0 amide bonds. The van der Waals surface area contributed by atoms with Gasteiger partial charge in [-0.1, -0.05) is 30.7 Å². The van der Waals surface area contributed by atoms with Gasteiger partial charge in [0.25, 0.3) is 0 Å². The van der Waals surface area contributed by atoms with Gasteiger partial charge >= 0.3 is 0 Å². The Balaban J connectivity index is 1.93. The maximum atomic E-state index is 5.43. The fourth-order valence-electron chi connectivity index (χ4n) is 2.70. The highest BCUT2D eigenvalue weighted by Crippen LogP contribution is 2.19. The predicted molar refractivity (Wildman–Crippen MR) is 77.4 cm³/mol. The first-order valence-corrected chi connectivity index (χ1v) is 7.17. The third-order valence-electron chi connectivity index (χ3n) is 3.85. The van der Waals surface area contributed by atoms with Gasteiger partial charge in [0.2, 0.25) is 0 Å². The van der Waals surface area contributed by atoms with Crippen molar-refractivity contribution in [3.63, 3.8) is 0 Å². The maximum Gasteiger partial charge on any atom is 0.105 e. The van der Waals surface area contributed by atoms with Crippen LogP contribution in [0, 0.1) is 0 Å². The van der Waals surface area contributed by atoms with Crippen LogP contribution >= 0.6 is 0 Å². The third kappa shape index (κ3) is 4.30. The smallest absolute Gasteiger partial charge is 0.105 e. The molecule has 2 atom stereocenters. The molecule has 0 spiro atoms. The summed E-state index contributed by atoms with van der Waals surface area (Å²) < 4.78 is 10.6. The predicted octanol–water partition coefficient (Wildman–Crippen LogP) is 2.71. The summed E-state index contributed by atoms with van der Waals surface area (Å²) in [5.74, 6) is 0. The van der Waals surface area contributed by atoms with Crippen molar-refractivity contribution < 1.29 is 9.47 Å². The van der Waals surface area contributed by atoms with Crippen LogP contribution in [0.2, 0.25) is 0 Å². The number of ether oxygens (including phenoxy) is 2. The minimum absolute atomic E-state index is 0.0341. The highest BCUT2D eigenvalue weighted by Gasteiger charge is 2.14. The van der Waals surface area contributed by atoms with Crippen LogP contribution in [-0.2, 0) is 15.9 Å². The molecule has 0 bridgehead atoms. The lowest BCUT2D eigenvalue weighted by molar-refractivity contribution is 0.0275. The van der Waals surface area contributed by atoms with Crippen molar-refractivity contribution in [2.24, 2.45) is 0 Å². The highest BCUT2D eigenvalue weighted by atomic mass is 16.5. The molecule has 0 saturated carbocycles. The van der Waals surface area contributed by atoms with Crippen LogP contribution in [0.5, 0.6) is 0 Å². The standard InChI is InChI=1S/C16H25NO2/c1-18-12-16(19-2)14-8-6-13(7-9-14)11-15-5-3-4-10-17-15/h6-9,15-17H,3-5,10-12H2,1-2H3. The molecule has 2 unspecified atom stereocenters. The van der Waals surface area contributed by atoms with Crippen LogP contribution in [-0.4, -0.2) is 33.4 Å². The van der Waals surface area contributed by atoms with Crippen molar-refractivity contribution in [2.45, 2.75) is 37.8 Å². The van der Waals surface area contributed by atoms with Gasteiger partial charge in [0.1, 0.15) is 6.10 Å². The maximum absolute atomic E-state index is 5.43. The summed E-state index contributed by atoms with van der Waals surface area (Å²) in [6.07, 6.45) is 5.14. The summed E-state index contributed by atoms with van der Waals surface area (Å²) in [6, 6.07) is 9.40. The molecular formula is C16H25NO2. The first kappa shape index (κ1) is 14.5. The molecule has 1 heterocycles. The summed E-state index contributed by atoms with van der Waals surface area (Å²) >= 11 is 0. The van der Waals surface area contributed by atoms with E-state index in [0.29, 0.717) is 12.6 Å². The van der Waals surface area contributed by atoms with Crippen molar-refractivity contribution in [1.29, 1.82) is 0 Å². The zero-order valence-electron chi connectivity index (χ0n) is 12.0. The van der Waals surface area contributed by atoms with Crippen molar-refractivity contribution in [3.05, 3.63) is 35.4 Å². The summed E-state index contributed by atoms with van der Waals surface area (Å²) in [4.78, 5) is 0. The molecular weight excluding hydrogens is 238 g/mol. The Bertz CT molecular complexity index is 358. The van der Waals surface area contributed by atoms with E-state index in [1.807, 2.05) is 0 Å². The first-order chi connectivity index (χ1) is 9.33. The largest absolute Gasteiger partial charge is 0.382 e. The van der Waals surface area contributed by atoms with Gasteiger partial charge in [0.15, 0.2) is 0 Å². The second-order valence-electron chi connectivity index (χ2n) is 5.27. The molecule has 106 valence electrons. The van der Waals surface area contributed by atoms with Crippen LogP contribution in [0.25, 0.3) is 0 Å². The Morgan fingerprint density at radius 2 is 2.00 bits per heavy atom. The number of hydrogen-bond acceptors (Lipinski definition) is 3. The van der Waals surface area contributed by atoms with E-state index in [9.17, 15) is 0 Å². The molecule has 1 N–H and O–H groups in total. The van der Waals surface area contributed by atoms with E-state index in [1.165, 1.54) is 36.9 Å². The highest BCUT2D eigenvalue weighted by molar-refractivity contribution is 5.25. The number of benzene rings is 1. The lowest BCUT2D eigenvalue weighted by atomic mass is 9.97. The monoisotopic (exact) mass is 263 g/mol. The topological polar surface area (TPSA) is 30.5 Å². The van der Waals surface area contributed by atoms with Crippen LogP contribution < -0.4 is 5.32 Å². The fourth-order valence-corrected chi connectivity index (χ4v) is 2.70. The van der Waals surface area contributed by atoms with Crippen molar-refractivity contribution in [2.75, 3.05) is 27.4 Å². The van der Waals surface area contributed by atoms with Crippen LogP contribution in [0.3, 0.4) is 0 Å². The van der Waals surface area contributed by atoms with E-state index >= 15 is 0 Å². The minimum Gasteiger partial charge on any atom is -0.382 e. The molecule has 0 aromatic heterocycles. The molecule has 19 heavy (non-hydrogen) atoms.